The Morgan fingerprint density at radius 1 is 1.14 bits per heavy atom. The molecule has 3 aliphatic carbocycles. The number of allylic oxidation sites excluding steroid dienone is 2. The summed E-state index contributed by atoms with van der Waals surface area (Å²) in [6.45, 7) is 9.20. The zero-order chi connectivity index (χ0) is 15.5. The summed E-state index contributed by atoms with van der Waals surface area (Å²) < 4.78 is 0. The summed E-state index contributed by atoms with van der Waals surface area (Å²) in [5.41, 5.74) is 1.59. The highest BCUT2D eigenvalue weighted by Gasteiger charge is 2.58. The van der Waals surface area contributed by atoms with E-state index in [-0.39, 0.29) is 5.41 Å². The van der Waals surface area contributed by atoms with Crippen molar-refractivity contribution in [3.63, 3.8) is 0 Å². The van der Waals surface area contributed by atoms with Gasteiger partial charge in [0.1, 0.15) is 0 Å². The van der Waals surface area contributed by atoms with Gasteiger partial charge in [0.2, 0.25) is 0 Å². The summed E-state index contributed by atoms with van der Waals surface area (Å²) in [5.74, 6) is 0.406. The third-order valence-corrected chi connectivity index (χ3v) is 7.29. The molecule has 0 radical (unpaired) electrons. The van der Waals surface area contributed by atoms with Gasteiger partial charge in [0, 0.05) is 0 Å². The normalized spacial score (nSPS) is 45.2. The Kier molecular flexibility index (Phi) is 3.31. The van der Waals surface area contributed by atoms with Gasteiger partial charge in [0.05, 0.1) is 5.41 Å². The van der Waals surface area contributed by atoms with E-state index in [0.717, 1.165) is 19.3 Å². The highest BCUT2D eigenvalue weighted by Crippen LogP contribution is 2.64. The summed E-state index contributed by atoms with van der Waals surface area (Å²) >= 11 is 0. The molecule has 2 fully saturated rings. The van der Waals surface area contributed by atoms with Crippen LogP contribution in [0.15, 0.2) is 11.6 Å². The fraction of sp³-hybridized carbons (Fsp3) is 0.842. The lowest BCUT2D eigenvalue weighted by atomic mass is 9.44. The zero-order valence-electron chi connectivity index (χ0n) is 14.0. The van der Waals surface area contributed by atoms with E-state index in [1.54, 1.807) is 5.57 Å². The molecule has 4 unspecified atom stereocenters. The van der Waals surface area contributed by atoms with Crippen molar-refractivity contribution in [2.45, 2.75) is 72.6 Å². The molecule has 2 heteroatoms. The Morgan fingerprint density at radius 2 is 1.86 bits per heavy atom. The molecule has 21 heavy (non-hydrogen) atoms. The average Bonchev–Trinajstić information content (AvgIpc) is 2.38. The number of fused-ring (bicyclic) bond motifs is 3. The summed E-state index contributed by atoms with van der Waals surface area (Å²) in [6, 6.07) is 0. The van der Waals surface area contributed by atoms with Crippen molar-refractivity contribution in [2.75, 3.05) is 0 Å². The predicted molar refractivity (Wildman–Crippen MR) is 85.0 cm³/mol. The van der Waals surface area contributed by atoms with Crippen molar-refractivity contribution in [3.8, 4) is 0 Å². The molecule has 2 saturated carbocycles. The minimum atomic E-state index is -0.576. The van der Waals surface area contributed by atoms with Crippen LogP contribution in [-0.2, 0) is 4.79 Å². The van der Waals surface area contributed by atoms with Crippen molar-refractivity contribution in [1.82, 2.24) is 0 Å². The first kappa shape index (κ1) is 15.1. The molecule has 0 aliphatic heterocycles. The number of aliphatic carboxylic acids is 1. The zero-order valence-corrected chi connectivity index (χ0v) is 14.0. The average molecular weight is 290 g/mol. The number of carboxylic acid groups (broad SMARTS) is 1. The third kappa shape index (κ3) is 2.01. The van der Waals surface area contributed by atoms with Crippen molar-refractivity contribution in [2.24, 2.45) is 28.1 Å². The van der Waals surface area contributed by atoms with E-state index in [4.69, 9.17) is 0 Å². The fourth-order valence-corrected chi connectivity index (χ4v) is 5.96. The van der Waals surface area contributed by atoms with E-state index < -0.39 is 11.4 Å². The molecule has 0 aromatic heterocycles. The first-order chi connectivity index (χ1) is 9.72. The highest BCUT2D eigenvalue weighted by molar-refractivity contribution is 5.75. The molecule has 0 saturated heterocycles. The van der Waals surface area contributed by atoms with Crippen molar-refractivity contribution < 1.29 is 9.90 Å². The molecule has 1 N–H and O–H groups in total. The molecule has 0 aromatic carbocycles. The Balaban J connectivity index is 2.04. The molecule has 3 rings (SSSR count). The number of hydrogen-bond donors (Lipinski definition) is 1. The van der Waals surface area contributed by atoms with Crippen LogP contribution >= 0.6 is 0 Å². The Bertz CT molecular complexity index is 490. The van der Waals surface area contributed by atoms with Gasteiger partial charge in [-0.1, -0.05) is 38.8 Å². The van der Waals surface area contributed by atoms with E-state index in [1.165, 1.54) is 25.7 Å². The van der Waals surface area contributed by atoms with Gasteiger partial charge in [-0.15, -0.1) is 0 Å². The number of carbonyl (C=O) groups is 1. The topological polar surface area (TPSA) is 37.3 Å². The van der Waals surface area contributed by atoms with Crippen molar-refractivity contribution in [3.05, 3.63) is 11.6 Å². The fourth-order valence-electron chi connectivity index (χ4n) is 5.96. The highest BCUT2D eigenvalue weighted by atomic mass is 16.4. The number of carboxylic acids is 1. The van der Waals surface area contributed by atoms with Crippen LogP contribution in [0.5, 0.6) is 0 Å². The maximum Gasteiger partial charge on any atom is 0.309 e. The maximum atomic E-state index is 11.9. The van der Waals surface area contributed by atoms with Crippen LogP contribution in [0.25, 0.3) is 0 Å². The van der Waals surface area contributed by atoms with E-state index in [1.807, 2.05) is 6.92 Å². The molecule has 4 atom stereocenters. The first-order valence-electron chi connectivity index (χ1n) is 8.66. The SMILES string of the molecule is CC1(C)CCC=C2C1CCC1C(C)(C(=O)O)CCCC21C. The van der Waals surface area contributed by atoms with Gasteiger partial charge >= 0.3 is 5.97 Å². The van der Waals surface area contributed by atoms with Gasteiger partial charge in [-0.05, 0) is 68.1 Å². The van der Waals surface area contributed by atoms with Crippen molar-refractivity contribution >= 4 is 5.97 Å². The lowest BCUT2D eigenvalue weighted by Crippen LogP contribution is -2.53. The van der Waals surface area contributed by atoms with Crippen molar-refractivity contribution in [1.29, 1.82) is 0 Å². The molecule has 0 spiro atoms. The van der Waals surface area contributed by atoms with Crippen LogP contribution < -0.4 is 0 Å². The molecule has 0 bridgehead atoms. The van der Waals surface area contributed by atoms with Crippen LogP contribution in [0, 0.1) is 28.1 Å². The summed E-state index contributed by atoms with van der Waals surface area (Å²) in [6.07, 6.45) is 10.3. The molecule has 0 heterocycles. The minimum Gasteiger partial charge on any atom is -0.481 e. The van der Waals surface area contributed by atoms with E-state index >= 15 is 0 Å². The van der Waals surface area contributed by atoms with E-state index in [0.29, 0.717) is 17.3 Å². The molecule has 118 valence electrons. The molecule has 3 aliphatic rings. The van der Waals surface area contributed by atoms with Crippen LogP contribution in [0.1, 0.15) is 72.6 Å². The predicted octanol–water partition coefficient (Wildman–Crippen LogP) is 5.04. The molecule has 2 nitrogen and oxygen atoms in total. The van der Waals surface area contributed by atoms with E-state index in [9.17, 15) is 9.90 Å². The van der Waals surface area contributed by atoms with Gasteiger partial charge in [-0.3, -0.25) is 4.79 Å². The number of hydrogen-bond acceptors (Lipinski definition) is 1. The molecule has 0 amide bonds. The molecular weight excluding hydrogens is 260 g/mol. The monoisotopic (exact) mass is 290 g/mol. The summed E-state index contributed by atoms with van der Waals surface area (Å²) in [5, 5.41) is 9.83. The first-order valence-corrected chi connectivity index (χ1v) is 8.66. The molecular formula is C19H30O2. The van der Waals surface area contributed by atoms with Gasteiger partial charge < -0.3 is 5.11 Å². The van der Waals surface area contributed by atoms with Gasteiger partial charge in [-0.2, -0.15) is 0 Å². The second-order valence-electron chi connectivity index (χ2n) is 8.86. The maximum absolute atomic E-state index is 11.9. The third-order valence-electron chi connectivity index (χ3n) is 7.29. The van der Waals surface area contributed by atoms with E-state index in [2.05, 4.69) is 26.8 Å². The Hall–Kier alpha value is -0.790. The Morgan fingerprint density at radius 3 is 2.52 bits per heavy atom. The van der Waals surface area contributed by atoms with Crippen LogP contribution in [0.4, 0.5) is 0 Å². The lowest BCUT2D eigenvalue weighted by molar-refractivity contribution is -0.161. The Labute approximate surface area is 129 Å². The van der Waals surface area contributed by atoms with Gasteiger partial charge in [-0.25, -0.2) is 0 Å². The second-order valence-corrected chi connectivity index (χ2v) is 8.86. The lowest BCUT2D eigenvalue weighted by Gasteiger charge is -2.59. The van der Waals surface area contributed by atoms with Crippen LogP contribution in [-0.4, -0.2) is 11.1 Å². The smallest absolute Gasteiger partial charge is 0.309 e. The minimum absolute atomic E-state index is 0.117. The molecule has 0 aromatic rings. The largest absolute Gasteiger partial charge is 0.481 e. The quantitative estimate of drug-likeness (QED) is 0.687. The van der Waals surface area contributed by atoms with Gasteiger partial charge in [0.25, 0.3) is 0 Å². The number of rotatable bonds is 1. The van der Waals surface area contributed by atoms with Crippen LogP contribution in [0.2, 0.25) is 0 Å². The summed E-state index contributed by atoms with van der Waals surface area (Å²) in [4.78, 5) is 11.9. The summed E-state index contributed by atoms with van der Waals surface area (Å²) in [7, 11) is 0. The van der Waals surface area contributed by atoms with Gasteiger partial charge in [0.15, 0.2) is 0 Å². The standard InChI is InChI=1S/C19H30O2/c1-17(2)10-5-7-14-13(17)8-9-15-18(14,3)11-6-12-19(15,4)16(20)21/h7,13,15H,5-6,8-12H2,1-4H3,(H,20,21). The second kappa shape index (κ2) is 4.60. The van der Waals surface area contributed by atoms with Crippen LogP contribution in [0.3, 0.4) is 0 Å².